The standard InChI is InChI=1S/C12H20Cl3N5/c1-7(2)5-16-10-18-9(12(13,14)15)19-11(20-10)17-6-8(3)4/h7-8H,5-6H2,1-4H3,(H2,16,17,18,19,20). The van der Waals surface area contributed by atoms with Crippen LogP contribution in [0, 0.1) is 11.8 Å². The van der Waals surface area contributed by atoms with Crippen LogP contribution >= 0.6 is 34.8 Å². The predicted octanol–water partition coefficient (Wildman–Crippen LogP) is 3.83. The third-order valence-electron chi connectivity index (χ3n) is 2.23. The third kappa shape index (κ3) is 6.29. The van der Waals surface area contributed by atoms with Gasteiger partial charge in [-0.25, -0.2) is 0 Å². The quantitative estimate of drug-likeness (QED) is 0.770. The number of hydrogen-bond acceptors (Lipinski definition) is 5. The van der Waals surface area contributed by atoms with Gasteiger partial charge in [0.05, 0.1) is 0 Å². The van der Waals surface area contributed by atoms with Crippen molar-refractivity contribution in [2.45, 2.75) is 31.5 Å². The molecule has 1 heterocycles. The molecule has 0 radical (unpaired) electrons. The molecule has 0 saturated heterocycles. The minimum Gasteiger partial charge on any atom is -0.354 e. The molecular weight excluding hydrogens is 321 g/mol. The summed E-state index contributed by atoms with van der Waals surface area (Å²) in [5.74, 6) is 1.82. The molecule has 5 nitrogen and oxygen atoms in total. The van der Waals surface area contributed by atoms with E-state index in [1.54, 1.807) is 0 Å². The maximum Gasteiger partial charge on any atom is 0.250 e. The minimum absolute atomic E-state index is 0.106. The second kappa shape index (κ2) is 7.48. The molecule has 0 aliphatic carbocycles. The van der Waals surface area contributed by atoms with Crippen LogP contribution in [0.2, 0.25) is 0 Å². The van der Waals surface area contributed by atoms with Crippen LogP contribution in [0.5, 0.6) is 0 Å². The lowest BCUT2D eigenvalue weighted by molar-refractivity contribution is 0.677. The molecule has 1 aromatic heterocycles. The largest absolute Gasteiger partial charge is 0.354 e. The fourth-order valence-corrected chi connectivity index (χ4v) is 1.51. The van der Waals surface area contributed by atoms with E-state index in [4.69, 9.17) is 34.8 Å². The second-order valence-corrected chi connectivity index (χ2v) is 7.63. The molecule has 0 atom stereocenters. The fraction of sp³-hybridized carbons (Fsp3) is 0.750. The zero-order valence-corrected chi connectivity index (χ0v) is 14.3. The van der Waals surface area contributed by atoms with Crippen molar-refractivity contribution in [1.29, 1.82) is 0 Å². The summed E-state index contributed by atoms with van der Waals surface area (Å²) in [6.45, 7) is 9.80. The first-order chi connectivity index (χ1) is 9.18. The Labute approximate surface area is 134 Å². The molecule has 0 bridgehead atoms. The highest BCUT2D eigenvalue weighted by atomic mass is 35.6. The van der Waals surface area contributed by atoms with E-state index >= 15 is 0 Å². The molecule has 20 heavy (non-hydrogen) atoms. The van der Waals surface area contributed by atoms with Gasteiger partial charge in [-0.15, -0.1) is 0 Å². The fourth-order valence-electron chi connectivity index (χ4n) is 1.25. The molecule has 114 valence electrons. The topological polar surface area (TPSA) is 62.7 Å². The maximum atomic E-state index is 5.85. The van der Waals surface area contributed by atoms with Crippen LogP contribution in [0.25, 0.3) is 0 Å². The van der Waals surface area contributed by atoms with Gasteiger partial charge < -0.3 is 10.6 Å². The maximum absolute atomic E-state index is 5.85. The zero-order chi connectivity index (χ0) is 15.3. The number of halogens is 3. The molecule has 0 unspecified atom stereocenters. The molecule has 0 aromatic carbocycles. The number of anilines is 2. The highest BCUT2D eigenvalue weighted by Gasteiger charge is 2.28. The molecule has 8 heteroatoms. The Morgan fingerprint density at radius 1 is 0.850 bits per heavy atom. The van der Waals surface area contributed by atoms with E-state index < -0.39 is 3.79 Å². The summed E-state index contributed by atoms with van der Waals surface area (Å²) in [6, 6.07) is 0. The van der Waals surface area contributed by atoms with Gasteiger partial charge in [0.2, 0.25) is 15.7 Å². The first-order valence-corrected chi connectivity index (χ1v) is 7.63. The summed E-state index contributed by atoms with van der Waals surface area (Å²) >= 11 is 17.6. The number of alkyl halides is 3. The van der Waals surface area contributed by atoms with E-state index in [0.717, 1.165) is 13.1 Å². The lowest BCUT2D eigenvalue weighted by Gasteiger charge is -2.15. The molecule has 0 aliphatic rings. The number of nitrogens with zero attached hydrogens (tertiary/aromatic N) is 3. The van der Waals surface area contributed by atoms with Gasteiger partial charge in [0.25, 0.3) is 0 Å². The molecule has 0 saturated carbocycles. The Balaban J connectivity index is 2.95. The van der Waals surface area contributed by atoms with Crippen LogP contribution in [0.3, 0.4) is 0 Å². The van der Waals surface area contributed by atoms with Crippen molar-refractivity contribution in [3.05, 3.63) is 5.82 Å². The first kappa shape index (κ1) is 17.5. The van der Waals surface area contributed by atoms with Crippen LogP contribution in [-0.2, 0) is 3.79 Å². The van der Waals surface area contributed by atoms with Gasteiger partial charge in [-0.05, 0) is 11.8 Å². The summed E-state index contributed by atoms with van der Waals surface area (Å²) < 4.78 is -1.68. The zero-order valence-electron chi connectivity index (χ0n) is 12.0. The van der Waals surface area contributed by atoms with E-state index in [1.807, 2.05) is 0 Å². The van der Waals surface area contributed by atoms with Crippen molar-refractivity contribution in [1.82, 2.24) is 15.0 Å². The summed E-state index contributed by atoms with van der Waals surface area (Å²) in [5.41, 5.74) is 0. The summed E-state index contributed by atoms with van der Waals surface area (Å²) in [6.07, 6.45) is 0. The van der Waals surface area contributed by atoms with Gasteiger partial charge in [-0.2, -0.15) is 15.0 Å². The summed E-state index contributed by atoms with van der Waals surface area (Å²) in [5, 5.41) is 6.21. The van der Waals surface area contributed by atoms with Crippen LogP contribution in [0.1, 0.15) is 33.5 Å². The Bertz CT molecular complexity index is 401. The van der Waals surface area contributed by atoms with Crippen molar-refractivity contribution < 1.29 is 0 Å². The van der Waals surface area contributed by atoms with E-state index in [2.05, 4.69) is 53.3 Å². The van der Waals surface area contributed by atoms with Crippen molar-refractivity contribution in [3.8, 4) is 0 Å². The predicted molar refractivity (Wildman–Crippen MR) is 85.7 cm³/mol. The van der Waals surface area contributed by atoms with Gasteiger partial charge in [-0.3, -0.25) is 0 Å². The monoisotopic (exact) mass is 339 g/mol. The number of hydrogen-bond donors (Lipinski definition) is 2. The average Bonchev–Trinajstić information content (AvgIpc) is 2.32. The lowest BCUT2D eigenvalue weighted by Crippen LogP contribution is -2.18. The second-order valence-electron chi connectivity index (χ2n) is 5.35. The lowest BCUT2D eigenvalue weighted by atomic mass is 10.2. The molecule has 0 aliphatic heterocycles. The summed E-state index contributed by atoms with van der Waals surface area (Å²) in [7, 11) is 0. The van der Waals surface area contributed by atoms with Crippen molar-refractivity contribution in [3.63, 3.8) is 0 Å². The van der Waals surface area contributed by atoms with Gasteiger partial charge >= 0.3 is 0 Å². The van der Waals surface area contributed by atoms with Gasteiger partial charge in [0.1, 0.15) is 0 Å². The molecule has 0 amide bonds. The smallest absolute Gasteiger partial charge is 0.250 e. The van der Waals surface area contributed by atoms with Gasteiger partial charge in [0.15, 0.2) is 5.82 Å². The Morgan fingerprint density at radius 3 is 1.55 bits per heavy atom. The van der Waals surface area contributed by atoms with Crippen molar-refractivity contribution >= 4 is 46.7 Å². The molecular formula is C12H20Cl3N5. The molecule has 0 spiro atoms. The van der Waals surface area contributed by atoms with E-state index in [-0.39, 0.29) is 5.82 Å². The Kier molecular flexibility index (Phi) is 6.55. The van der Waals surface area contributed by atoms with Crippen molar-refractivity contribution in [2.75, 3.05) is 23.7 Å². The van der Waals surface area contributed by atoms with Crippen LogP contribution in [0.4, 0.5) is 11.9 Å². The SMILES string of the molecule is CC(C)CNc1nc(NCC(C)C)nc(C(Cl)(Cl)Cl)n1. The highest BCUT2D eigenvalue weighted by molar-refractivity contribution is 6.66. The van der Waals surface area contributed by atoms with Crippen LogP contribution in [-0.4, -0.2) is 28.0 Å². The van der Waals surface area contributed by atoms with Crippen LogP contribution < -0.4 is 10.6 Å². The molecule has 2 N–H and O–H groups in total. The van der Waals surface area contributed by atoms with Crippen molar-refractivity contribution in [2.24, 2.45) is 11.8 Å². The highest BCUT2D eigenvalue weighted by Crippen LogP contribution is 2.36. The third-order valence-corrected chi connectivity index (χ3v) is 2.73. The van der Waals surface area contributed by atoms with E-state index in [0.29, 0.717) is 23.7 Å². The molecule has 0 fully saturated rings. The normalized spacial score (nSPS) is 12.1. The molecule has 1 aromatic rings. The number of aromatic nitrogens is 3. The van der Waals surface area contributed by atoms with E-state index in [9.17, 15) is 0 Å². The van der Waals surface area contributed by atoms with E-state index in [1.165, 1.54) is 0 Å². The Hall–Kier alpha value is -0.520. The number of nitrogens with one attached hydrogen (secondary N) is 2. The van der Waals surface area contributed by atoms with Gasteiger partial charge in [-0.1, -0.05) is 62.5 Å². The first-order valence-electron chi connectivity index (χ1n) is 6.49. The van der Waals surface area contributed by atoms with Crippen LogP contribution in [0.15, 0.2) is 0 Å². The summed E-state index contributed by atoms with van der Waals surface area (Å²) in [4.78, 5) is 12.5. The number of rotatable bonds is 6. The Morgan fingerprint density at radius 2 is 1.25 bits per heavy atom. The average molecular weight is 341 g/mol. The molecule has 1 rings (SSSR count). The van der Waals surface area contributed by atoms with Gasteiger partial charge in [0, 0.05) is 13.1 Å². The minimum atomic E-state index is -1.68.